The molecule has 2 fully saturated rings. The zero-order valence-electron chi connectivity index (χ0n) is 15.4. The number of piperazine rings is 2. The van der Waals surface area contributed by atoms with Gasteiger partial charge in [-0.15, -0.1) is 0 Å². The molecule has 2 unspecified atom stereocenters. The van der Waals surface area contributed by atoms with Gasteiger partial charge in [0.1, 0.15) is 0 Å². The van der Waals surface area contributed by atoms with E-state index >= 15 is 0 Å². The summed E-state index contributed by atoms with van der Waals surface area (Å²) in [4.78, 5) is 5.26. The minimum Gasteiger partial charge on any atom is -0.317 e. The monoisotopic (exact) mass is 325 g/mol. The van der Waals surface area contributed by atoms with Crippen LogP contribution in [0.1, 0.15) is 39.5 Å². The Morgan fingerprint density at radius 1 is 0.783 bits per heavy atom. The predicted molar refractivity (Wildman–Crippen MR) is 99.1 cm³/mol. The molecule has 2 aliphatic heterocycles. The maximum Gasteiger partial charge on any atom is 0.0192 e. The van der Waals surface area contributed by atoms with E-state index in [1.165, 1.54) is 65.0 Å². The number of unbranched alkanes of at least 4 members (excludes halogenated alkanes) is 2. The van der Waals surface area contributed by atoms with Crippen molar-refractivity contribution < 1.29 is 0 Å². The quantitative estimate of drug-likeness (QED) is 0.517. The van der Waals surface area contributed by atoms with E-state index in [0.717, 1.165) is 26.2 Å². The van der Waals surface area contributed by atoms with Gasteiger partial charge in [0.05, 0.1) is 0 Å². The minimum absolute atomic E-state index is 0.712. The van der Waals surface area contributed by atoms with E-state index in [1.807, 2.05) is 0 Å². The van der Waals surface area contributed by atoms with Crippen molar-refractivity contribution >= 4 is 0 Å². The first-order valence-corrected chi connectivity index (χ1v) is 9.87. The molecule has 0 saturated carbocycles. The second kappa shape index (κ2) is 11.4. The third kappa shape index (κ3) is 7.48. The van der Waals surface area contributed by atoms with Gasteiger partial charge in [-0.1, -0.05) is 0 Å². The molecule has 2 aliphatic rings. The van der Waals surface area contributed by atoms with Gasteiger partial charge in [-0.05, 0) is 65.7 Å². The van der Waals surface area contributed by atoms with E-state index in [0.29, 0.717) is 12.1 Å². The van der Waals surface area contributed by atoms with Crippen molar-refractivity contribution in [1.29, 1.82) is 0 Å². The van der Waals surface area contributed by atoms with Crippen molar-refractivity contribution in [3.05, 3.63) is 0 Å². The molecule has 0 amide bonds. The summed E-state index contributed by atoms with van der Waals surface area (Å²) in [6.45, 7) is 16.7. The lowest BCUT2D eigenvalue weighted by atomic mass is 10.2. The standard InChI is InChI=1S/C18H39N5/c1-17-15-20-9-13-22(17)11-5-3-7-19-8-4-6-12-23-14-10-21-16-18(23)2/h17-21H,3-16H2,1-2H3. The maximum atomic E-state index is 3.62. The summed E-state index contributed by atoms with van der Waals surface area (Å²) >= 11 is 0. The second-order valence-corrected chi connectivity index (χ2v) is 7.34. The minimum atomic E-state index is 0.712. The van der Waals surface area contributed by atoms with Crippen LogP contribution in [0.3, 0.4) is 0 Å². The van der Waals surface area contributed by atoms with Crippen molar-refractivity contribution in [3.63, 3.8) is 0 Å². The van der Waals surface area contributed by atoms with Gasteiger partial charge in [-0.25, -0.2) is 0 Å². The zero-order valence-corrected chi connectivity index (χ0v) is 15.4. The molecule has 2 saturated heterocycles. The zero-order chi connectivity index (χ0) is 16.3. The smallest absolute Gasteiger partial charge is 0.0192 e. The summed E-state index contributed by atoms with van der Waals surface area (Å²) in [5.74, 6) is 0. The molecule has 0 aromatic carbocycles. The Labute approximate surface area is 143 Å². The fourth-order valence-electron chi connectivity index (χ4n) is 3.69. The second-order valence-electron chi connectivity index (χ2n) is 7.34. The van der Waals surface area contributed by atoms with Gasteiger partial charge >= 0.3 is 0 Å². The van der Waals surface area contributed by atoms with Crippen molar-refractivity contribution in [2.24, 2.45) is 0 Å². The molecule has 2 heterocycles. The topological polar surface area (TPSA) is 42.6 Å². The molecular formula is C18H39N5. The van der Waals surface area contributed by atoms with Gasteiger partial charge in [-0.3, -0.25) is 9.80 Å². The fraction of sp³-hybridized carbons (Fsp3) is 1.00. The number of nitrogens with one attached hydrogen (secondary N) is 3. The van der Waals surface area contributed by atoms with Gasteiger partial charge < -0.3 is 16.0 Å². The molecule has 0 spiro atoms. The number of hydrogen-bond donors (Lipinski definition) is 3. The van der Waals surface area contributed by atoms with Crippen molar-refractivity contribution in [2.75, 3.05) is 65.4 Å². The van der Waals surface area contributed by atoms with Crippen molar-refractivity contribution in [3.8, 4) is 0 Å². The van der Waals surface area contributed by atoms with Gasteiger partial charge in [-0.2, -0.15) is 0 Å². The van der Waals surface area contributed by atoms with Crippen LogP contribution in [-0.2, 0) is 0 Å². The van der Waals surface area contributed by atoms with E-state index in [1.54, 1.807) is 0 Å². The molecule has 0 aromatic rings. The maximum absolute atomic E-state index is 3.62. The van der Waals surface area contributed by atoms with Crippen molar-refractivity contribution in [1.82, 2.24) is 25.8 Å². The summed E-state index contributed by atoms with van der Waals surface area (Å²) in [5.41, 5.74) is 0. The average molecular weight is 326 g/mol. The molecule has 0 aromatic heterocycles. The molecule has 5 nitrogen and oxygen atoms in total. The van der Waals surface area contributed by atoms with Gasteiger partial charge in [0.2, 0.25) is 0 Å². The molecule has 23 heavy (non-hydrogen) atoms. The Morgan fingerprint density at radius 3 is 1.70 bits per heavy atom. The van der Waals surface area contributed by atoms with Crippen LogP contribution in [0.15, 0.2) is 0 Å². The molecular weight excluding hydrogens is 286 g/mol. The molecule has 3 N–H and O–H groups in total. The predicted octanol–water partition coefficient (Wildman–Crippen LogP) is 0.724. The normalized spacial score (nSPS) is 27.4. The van der Waals surface area contributed by atoms with Crippen LogP contribution in [0.2, 0.25) is 0 Å². The van der Waals surface area contributed by atoms with E-state index in [4.69, 9.17) is 0 Å². The van der Waals surface area contributed by atoms with E-state index in [2.05, 4.69) is 39.6 Å². The Bertz CT molecular complexity index is 271. The van der Waals surface area contributed by atoms with Crippen LogP contribution in [-0.4, -0.2) is 87.3 Å². The van der Waals surface area contributed by atoms with Gasteiger partial charge in [0.25, 0.3) is 0 Å². The van der Waals surface area contributed by atoms with Crippen LogP contribution in [0.5, 0.6) is 0 Å². The van der Waals surface area contributed by atoms with Crippen molar-refractivity contribution in [2.45, 2.75) is 51.6 Å². The van der Waals surface area contributed by atoms with Crippen LogP contribution in [0, 0.1) is 0 Å². The summed E-state index contributed by atoms with van der Waals surface area (Å²) in [6.07, 6.45) is 5.28. The van der Waals surface area contributed by atoms with E-state index in [-0.39, 0.29) is 0 Å². The first-order valence-electron chi connectivity index (χ1n) is 9.87. The lowest BCUT2D eigenvalue weighted by Crippen LogP contribution is -2.50. The number of hydrogen-bond acceptors (Lipinski definition) is 5. The largest absolute Gasteiger partial charge is 0.317 e. The highest BCUT2D eigenvalue weighted by Crippen LogP contribution is 2.05. The first kappa shape index (κ1) is 19.1. The highest BCUT2D eigenvalue weighted by Gasteiger charge is 2.17. The molecule has 5 heteroatoms. The molecule has 136 valence electrons. The van der Waals surface area contributed by atoms with Crippen LogP contribution < -0.4 is 16.0 Å². The summed E-state index contributed by atoms with van der Waals surface area (Å²) in [5, 5.41) is 10.5. The van der Waals surface area contributed by atoms with Gasteiger partial charge in [0, 0.05) is 51.4 Å². The molecule has 2 atom stereocenters. The number of nitrogens with zero attached hydrogens (tertiary/aromatic N) is 2. The molecule has 0 aliphatic carbocycles. The van der Waals surface area contributed by atoms with E-state index in [9.17, 15) is 0 Å². The van der Waals surface area contributed by atoms with E-state index < -0.39 is 0 Å². The molecule has 0 bridgehead atoms. The van der Waals surface area contributed by atoms with Crippen LogP contribution in [0.4, 0.5) is 0 Å². The molecule has 2 rings (SSSR count). The third-order valence-electron chi connectivity index (χ3n) is 5.38. The number of rotatable bonds is 10. The highest BCUT2D eigenvalue weighted by molar-refractivity contribution is 4.76. The Hall–Kier alpha value is -0.200. The lowest BCUT2D eigenvalue weighted by Gasteiger charge is -2.34. The molecule has 0 radical (unpaired) electrons. The summed E-state index contributed by atoms with van der Waals surface area (Å²) in [7, 11) is 0. The Kier molecular flexibility index (Phi) is 9.46. The van der Waals surface area contributed by atoms with Crippen LogP contribution >= 0.6 is 0 Å². The third-order valence-corrected chi connectivity index (χ3v) is 5.38. The Balaban J connectivity index is 1.36. The Morgan fingerprint density at radius 2 is 1.26 bits per heavy atom. The fourth-order valence-corrected chi connectivity index (χ4v) is 3.69. The van der Waals surface area contributed by atoms with Gasteiger partial charge in [0.15, 0.2) is 0 Å². The lowest BCUT2D eigenvalue weighted by molar-refractivity contribution is 0.169. The van der Waals surface area contributed by atoms with Crippen LogP contribution in [0.25, 0.3) is 0 Å². The highest BCUT2D eigenvalue weighted by atomic mass is 15.2. The first-order chi connectivity index (χ1) is 11.3. The average Bonchev–Trinajstić information content (AvgIpc) is 2.56. The summed E-state index contributed by atoms with van der Waals surface area (Å²) < 4.78 is 0. The SMILES string of the molecule is CC1CNCCN1CCCCNCCCCN1CCNCC1C. The summed E-state index contributed by atoms with van der Waals surface area (Å²) in [6, 6.07) is 1.42.